The Bertz CT molecular complexity index is 387. The first-order valence-electron chi connectivity index (χ1n) is 5.07. The zero-order valence-corrected chi connectivity index (χ0v) is 9.38. The quantitative estimate of drug-likeness (QED) is 0.469. The van der Waals surface area contributed by atoms with Gasteiger partial charge in [-0.2, -0.15) is 0 Å². The number of hydrogen-bond donors (Lipinski definition) is 3. The molecule has 0 saturated carbocycles. The molecule has 0 fully saturated rings. The number of nitrogens with two attached hydrogens (primary N) is 1. The molecule has 100 valence electrons. The summed E-state index contributed by atoms with van der Waals surface area (Å²) in [6.45, 7) is -1.37. The van der Waals surface area contributed by atoms with E-state index < -0.39 is 25.5 Å². The minimum Gasteiger partial charge on any atom is -0.395 e. The molecule has 0 radical (unpaired) electrons. The van der Waals surface area contributed by atoms with Crippen LogP contribution >= 0.6 is 0 Å². The minimum atomic E-state index is -2.68. The largest absolute Gasteiger partial charge is 0.395 e. The topological polar surface area (TPSA) is 104 Å². The molecule has 0 aliphatic rings. The van der Waals surface area contributed by atoms with Crippen LogP contribution in [0.5, 0.6) is 0 Å². The van der Waals surface area contributed by atoms with Gasteiger partial charge in [0.15, 0.2) is 11.5 Å². The number of nitrogen functional groups attached to an aromatic ring is 1. The van der Waals surface area contributed by atoms with Crippen molar-refractivity contribution in [1.29, 1.82) is 0 Å². The Morgan fingerprint density at radius 3 is 2.67 bits per heavy atom. The van der Waals surface area contributed by atoms with Crippen molar-refractivity contribution in [1.82, 2.24) is 15.1 Å². The number of amides is 1. The van der Waals surface area contributed by atoms with Crippen molar-refractivity contribution in [3.8, 4) is 0 Å². The predicted molar refractivity (Wildman–Crippen MR) is 58.8 cm³/mol. The minimum absolute atomic E-state index is 0.0944. The second-order valence-electron chi connectivity index (χ2n) is 3.31. The van der Waals surface area contributed by atoms with E-state index in [-0.39, 0.29) is 18.1 Å². The van der Waals surface area contributed by atoms with Gasteiger partial charge in [0.1, 0.15) is 0 Å². The summed E-state index contributed by atoms with van der Waals surface area (Å²) in [5.41, 5.74) is 2.13. The van der Waals surface area contributed by atoms with Crippen LogP contribution < -0.4 is 11.3 Å². The van der Waals surface area contributed by atoms with E-state index in [0.717, 1.165) is 4.90 Å². The summed E-state index contributed by atoms with van der Waals surface area (Å²) < 4.78 is 24.5. The molecule has 4 N–H and O–H groups in total. The van der Waals surface area contributed by atoms with Crippen LogP contribution in [0.3, 0.4) is 0 Å². The lowest BCUT2D eigenvalue weighted by atomic mass is 10.3. The normalized spacial score (nSPS) is 10.5. The van der Waals surface area contributed by atoms with Gasteiger partial charge < -0.3 is 15.4 Å². The number of hydrogen-bond acceptors (Lipinski definition) is 6. The van der Waals surface area contributed by atoms with Crippen LogP contribution in [0, 0.1) is 0 Å². The van der Waals surface area contributed by atoms with E-state index >= 15 is 0 Å². The van der Waals surface area contributed by atoms with E-state index in [1.807, 2.05) is 0 Å². The highest BCUT2D eigenvalue weighted by molar-refractivity contribution is 5.92. The molecule has 1 aromatic rings. The van der Waals surface area contributed by atoms with Gasteiger partial charge in [-0.15, -0.1) is 10.2 Å². The maximum absolute atomic E-state index is 12.3. The van der Waals surface area contributed by atoms with Gasteiger partial charge in [-0.3, -0.25) is 4.79 Å². The number of nitrogens with zero attached hydrogens (tertiary/aromatic N) is 3. The molecule has 0 aromatic carbocycles. The van der Waals surface area contributed by atoms with Crippen molar-refractivity contribution in [2.24, 2.45) is 5.84 Å². The Morgan fingerprint density at radius 1 is 1.50 bits per heavy atom. The smallest absolute Gasteiger partial charge is 0.274 e. The lowest BCUT2D eigenvalue weighted by Gasteiger charge is -2.20. The van der Waals surface area contributed by atoms with Crippen LogP contribution in [-0.4, -0.2) is 52.2 Å². The molecule has 1 amide bonds. The monoisotopic (exact) mass is 261 g/mol. The molecule has 1 aromatic heterocycles. The van der Waals surface area contributed by atoms with Crippen molar-refractivity contribution >= 4 is 11.7 Å². The number of aromatic nitrogens is 2. The third kappa shape index (κ3) is 3.86. The van der Waals surface area contributed by atoms with E-state index in [2.05, 4.69) is 15.6 Å². The van der Waals surface area contributed by atoms with Crippen molar-refractivity contribution in [2.75, 3.05) is 25.1 Å². The first-order valence-corrected chi connectivity index (χ1v) is 5.07. The number of aliphatic hydroxyl groups is 1. The summed E-state index contributed by atoms with van der Waals surface area (Å²) >= 11 is 0. The van der Waals surface area contributed by atoms with Gasteiger partial charge in [0, 0.05) is 6.54 Å². The number of alkyl halides is 2. The SMILES string of the molecule is NNc1ccc(C(=O)N(CCO)CC(F)F)nn1. The first kappa shape index (κ1) is 14.2. The van der Waals surface area contributed by atoms with Gasteiger partial charge in [-0.1, -0.05) is 0 Å². The van der Waals surface area contributed by atoms with Gasteiger partial charge in [-0.05, 0) is 12.1 Å². The van der Waals surface area contributed by atoms with E-state index in [0.29, 0.717) is 0 Å². The predicted octanol–water partition coefficient (Wildman–Crippen LogP) is -0.538. The second kappa shape index (κ2) is 6.77. The molecule has 0 unspecified atom stereocenters. The van der Waals surface area contributed by atoms with Gasteiger partial charge in [0.2, 0.25) is 0 Å². The van der Waals surface area contributed by atoms with E-state index in [9.17, 15) is 13.6 Å². The Labute approximate surface area is 102 Å². The van der Waals surface area contributed by atoms with E-state index in [1.165, 1.54) is 12.1 Å². The molecule has 1 heterocycles. The molecule has 18 heavy (non-hydrogen) atoms. The Balaban J connectivity index is 2.80. The van der Waals surface area contributed by atoms with Crippen LogP contribution in [0.4, 0.5) is 14.6 Å². The Hall–Kier alpha value is -1.87. The van der Waals surface area contributed by atoms with Crippen molar-refractivity contribution in [3.63, 3.8) is 0 Å². The summed E-state index contributed by atoms with van der Waals surface area (Å²) in [7, 11) is 0. The number of carbonyl (C=O) groups is 1. The number of aliphatic hydroxyl groups excluding tert-OH is 1. The van der Waals surface area contributed by atoms with Crippen LogP contribution in [0.15, 0.2) is 12.1 Å². The number of rotatable bonds is 6. The molecule has 0 aliphatic carbocycles. The summed E-state index contributed by atoms with van der Waals surface area (Å²) in [6.07, 6.45) is -2.68. The molecular weight excluding hydrogens is 248 g/mol. The van der Waals surface area contributed by atoms with Gasteiger partial charge >= 0.3 is 0 Å². The Kier molecular flexibility index (Phi) is 5.33. The van der Waals surface area contributed by atoms with Crippen molar-refractivity contribution in [3.05, 3.63) is 17.8 Å². The molecular formula is C9H13F2N5O2. The fraction of sp³-hybridized carbons (Fsp3) is 0.444. The number of carbonyl (C=O) groups excluding carboxylic acids is 1. The molecule has 0 saturated heterocycles. The third-order valence-corrected chi connectivity index (χ3v) is 2.05. The van der Waals surface area contributed by atoms with Crippen molar-refractivity contribution in [2.45, 2.75) is 6.43 Å². The van der Waals surface area contributed by atoms with E-state index in [1.54, 1.807) is 0 Å². The zero-order valence-electron chi connectivity index (χ0n) is 9.38. The summed E-state index contributed by atoms with van der Waals surface area (Å²) in [6, 6.07) is 2.69. The highest BCUT2D eigenvalue weighted by Crippen LogP contribution is 2.06. The number of anilines is 1. The third-order valence-electron chi connectivity index (χ3n) is 2.05. The first-order chi connectivity index (χ1) is 8.58. The fourth-order valence-corrected chi connectivity index (χ4v) is 1.25. The average Bonchev–Trinajstić information content (AvgIpc) is 2.37. The van der Waals surface area contributed by atoms with Gasteiger partial charge in [0.25, 0.3) is 12.3 Å². The average molecular weight is 261 g/mol. The maximum atomic E-state index is 12.3. The summed E-state index contributed by atoms with van der Waals surface area (Å²) in [5, 5.41) is 15.8. The lowest BCUT2D eigenvalue weighted by Crippen LogP contribution is -2.37. The van der Waals surface area contributed by atoms with Gasteiger partial charge in [0.05, 0.1) is 13.2 Å². The summed E-state index contributed by atoms with van der Waals surface area (Å²) in [5.74, 6) is 4.59. The van der Waals surface area contributed by atoms with Crippen LogP contribution in [0.1, 0.15) is 10.5 Å². The summed E-state index contributed by atoms with van der Waals surface area (Å²) in [4.78, 5) is 12.6. The molecule has 0 spiro atoms. The fourth-order valence-electron chi connectivity index (χ4n) is 1.25. The molecule has 7 nitrogen and oxygen atoms in total. The second-order valence-corrected chi connectivity index (χ2v) is 3.31. The Morgan fingerprint density at radius 2 is 2.22 bits per heavy atom. The van der Waals surface area contributed by atoms with Crippen LogP contribution in [0.2, 0.25) is 0 Å². The molecule has 9 heteroatoms. The standard InChI is InChI=1S/C9H13F2N5O2/c10-7(11)5-16(3-4-17)9(18)6-1-2-8(13-12)15-14-6/h1-2,7,17H,3-5,12H2,(H,13,15). The molecule has 0 aliphatic heterocycles. The van der Waals surface area contributed by atoms with Crippen LogP contribution in [-0.2, 0) is 0 Å². The highest BCUT2D eigenvalue weighted by Gasteiger charge is 2.20. The maximum Gasteiger partial charge on any atom is 0.274 e. The van der Waals surface area contributed by atoms with Gasteiger partial charge in [-0.25, -0.2) is 14.6 Å². The number of halogens is 2. The molecule has 0 atom stereocenters. The number of nitrogens with one attached hydrogen (secondary N) is 1. The van der Waals surface area contributed by atoms with E-state index in [4.69, 9.17) is 10.9 Å². The number of hydrazine groups is 1. The van der Waals surface area contributed by atoms with Crippen LogP contribution in [0.25, 0.3) is 0 Å². The highest BCUT2D eigenvalue weighted by atomic mass is 19.3. The zero-order chi connectivity index (χ0) is 13.5. The molecule has 1 rings (SSSR count). The molecule has 0 bridgehead atoms. The lowest BCUT2D eigenvalue weighted by molar-refractivity contribution is 0.0503. The van der Waals surface area contributed by atoms with Crippen molar-refractivity contribution < 1.29 is 18.7 Å².